The van der Waals surface area contributed by atoms with Crippen LogP contribution in [0.4, 0.5) is 5.69 Å². The van der Waals surface area contributed by atoms with Gasteiger partial charge in [-0.15, -0.1) is 0 Å². The van der Waals surface area contributed by atoms with Crippen molar-refractivity contribution in [3.63, 3.8) is 0 Å². The van der Waals surface area contributed by atoms with Gasteiger partial charge in [0, 0.05) is 30.4 Å². The van der Waals surface area contributed by atoms with Gasteiger partial charge in [-0.1, -0.05) is 6.07 Å². The van der Waals surface area contributed by atoms with E-state index in [1.54, 1.807) is 30.6 Å². The first-order valence-electron chi connectivity index (χ1n) is 5.86. The van der Waals surface area contributed by atoms with E-state index in [2.05, 4.69) is 9.72 Å². The first-order chi connectivity index (χ1) is 9.61. The summed E-state index contributed by atoms with van der Waals surface area (Å²) in [6.07, 6.45) is 3.66. The molecule has 2 rings (SSSR count). The number of ether oxygens (including phenoxy) is 1. The number of carbonyl (C=O) groups excluding carboxylic acids is 1. The lowest BCUT2D eigenvalue weighted by Crippen LogP contribution is -2.04. The van der Waals surface area contributed by atoms with Crippen molar-refractivity contribution in [2.75, 3.05) is 7.11 Å². The molecule has 1 heterocycles. The zero-order chi connectivity index (χ0) is 14.5. The molecule has 1 aromatic carbocycles. The topological polar surface area (TPSA) is 82.3 Å². The number of rotatable bonds is 4. The number of hydrogen-bond donors (Lipinski definition) is 0. The van der Waals surface area contributed by atoms with Crippen molar-refractivity contribution < 1.29 is 14.5 Å². The number of esters is 1. The minimum absolute atomic E-state index is 0.0929. The number of nitro benzene ring substituents is 1. The van der Waals surface area contributed by atoms with Crippen LogP contribution in [0.5, 0.6) is 0 Å². The number of nitro groups is 1. The molecule has 0 aliphatic heterocycles. The Morgan fingerprint density at radius 1 is 1.30 bits per heavy atom. The molecule has 0 atom stereocenters. The summed E-state index contributed by atoms with van der Waals surface area (Å²) in [4.78, 5) is 25.9. The molecule has 0 aliphatic carbocycles. The maximum Gasteiger partial charge on any atom is 0.338 e. The summed E-state index contributed by atoms with van der Waals surface area (Å²) in [5, 5.41) is 11.1. The normalized spacial score (nSPS) is 10.1. The lowest BCUT2D eigenvalue weighted by molar-refractivity contribution is -0.385. The minimum Gasteiger partial charge on any atom is -0.465 e. The Bertz CT molecular complexity index is 641. The molecule has 0 saturated heterocycles. The van der Waals surface area contributed by atoms with Crippen molar-refractivity contribution in [1.82, 2.24) is 4.98 Å². The SMILES string of the molecule is COC(=O)c1ccc(Cc2ccncc2)c([N+](=O)[O-])c1. The molecule has 0 amide bonds. The highest BCUT2D eigenvalue weighted by atomic mass is 16.6. The van der Waals surface area contributed by atoms with E-state index in [0.717, 1.165) is 5.56 Å². The van der Waals surface area contributed by atoms with E-state index in [1.807, 2.05) is 0 Å². The first kappa shape index (κ1) is 13.7. The largest absolute Gasteiger partial charge is 0.465 e. The van der Waals surface area contributed by atoms with Crippen LogP contribution < -0.4 is 0 Å². The Balaban J connectivity index is 2.38. The summed E-state index contributed by atoms with van der Waals surface area (Å²) in [6.45, 7) is 0. The number of methoxy groups -OCH3 is 1. The van der Waals surface area contributed by atoms with E-state index in [1.165, 1.54) is 19.2 Å². The van der Waals surface area contributed by atoms with Crippen LogP contribution in [0.15, 0.2) is 42.7 Å². The number of benzene rings is 1. The smallest absolute Gasteiger partial charge is 0.338 e. The third kappa shape index (κ3) is 2.97. The predicted octanol–water partition coefficient (Wildman–Crippen LogP) is 2.37. The molecule has 0 fully saturated rings. The van der Waals surface area contributed by atoms with Crippen molar-refractivity contribution in [2.45, 2.75) is 6.42 Å². The van der Waals surface area contributed by atoms with Crippen molar-refractivity contribution in [3.8, 4) is 0 Å². The number of carbonyl (C=O) groups is 1. The van der Waals surface area contributed by atoms with Crippen LogP contribution in [0, 0.1) is 10.1 Å². The number of aromatic nitrogens is 1. The van der Waals surface area contributed by atoms with Crippen LogP contribution in [-0.4, -0.2) is 23.0 Å². The van der Waals surface area contributed by atoms with Gasteiger partial charge < -0.3 is 4.74 Å². The Kier molecular flexibility index (Phi) is 4.05. The monoisotopic (exact) mass is 272 g/mol. The molecule has 6 heteroatoms. The molecule has 0 bridgehead atoms. The summed E-state index contributed by atoms with van der Waals surface area (Å²) < 4.78 is 4.56. The van der Waals surface area contributed by atoms with Crippen molar-refractivity contribution >= 4 is 11.7 Å². The van der Waals surface area contributed by atoms with Crippen molar-refractivity contribution in [3.05, 3.63) is 69.5 Å². The number of nitrogens with zero attached hydrogens (tertiary/aromatic N) is 2. The van der Waals surface area contributed by atoms with Gasteiger partial charge >= 0.3 is 5.97 Å². The molecule has 0 spiro atoms. The Morgan fingerprint density at radius 3 is 2.60 bits per heavy atom. The van der Waals surface area contributed by atoms with Gasteiger partial charge in [-0.05, 0) is 23.8 Å². The van der Waals surface area contributed by atoms with Gasteiger partial charge in [-0.2, -0.15) is 0 Å². The van der Waals surface area contributed by atoms with Gasteiger partial charge in [-0.3, -0.25) is 15.1 Å². The lowest BCUT2D eigenvalue weighted by Gasteiger charge is -2.05. The lowest BCUT2D eigenvalue weighted by atomic mass is 10.0. The van der Waals surface area contributed by atoms with Gasteiger partial charge in [0.25, 0.3) is 5.69 Å². The molecule has 0 saturated carbocycles. The maximum atomic E-state index is 11.4. The van der Waals surface area contributed by atoms with E-state index >= 15 is 0 Å². The molecule has 1 aromatic heterocycles. The summed E-state index contributed by atoms with van der Waals surface area (Å²) in [7, 11) is 1.24. The Labute approximate surface area is 115 Å². The van der Waals surface area contributed by atoms with Gasteiger partial charge in [0.05, 0.1) is 17.6 Å². The fraction of sp³-hybridized carbons (Fsp3) is 0.143. The molecule has 102 valence electrons. The average molecular weight is 272 g/mol. The number of hydrogen-bond acceptors (Lipinski definition) is 5. The summed E-state index contributed by atoms with van der Waals surface area (Å²) in [5.41, 5.74) is 1.52. The van der Waals surface area contributed by atoms with Crippen LogP contribution in [0.2, 0.25) is 0 Å². The second kappa shape index (κ2) is 5.92. The Morgan fingerprint density at radius 2 is 2.00 bits per heavy atom. The number of pyridine rings is 1. The average Bonchev–Trinajstić information content (AvgIpc) is 2.47. The summed E-state index contributed by atoms with van der Waals surface area (Å²) in [5.74, 6) is -0.594. The van der Waals surface area contributed by atoms with Crippen LogP contribution in [0.25, 0.3) is 0 Å². The van der Waals surface area contributed by atoms with Crippen molar-refractivity contribution in [1.29, 1.82) is 0 Å². The maximum absolute atomic E-state index is 11.4. The quantitative estimate of drug-likeness (QED) is 0.484. The van der Waals surface area contributed by atoms with Crippen LogP contribution in [0.3, 0.4) is 0 Å². The van der Waals surface area contributed by atoms with E-state index in [-0.39, 0.29) is 11.3 Å². The predicted molar refractivity (Wildman–Crippen MR) is 71.5 cm³/mol. The van der Waals surface area contributed by atoms with E-state index in [9.17, 15) is 14.9 Å². The van der Waals surface area contributed by atoms with Gasteiger partial charge in [0.1, 0.15) is 0 Å². The minimum atomic E-state index is -0.594. The molecular weight excluding hydrogens is 260 g/mol. The highest BCUT2D eigenvalue weighted by molar-refractivity contribution is 5.90. The van der Waals surface area contributed by atoms with Gasteiger partial charge in [-0.25, -0.2) is 4.79 Å². The zero-order valence-electron chi connectivity index (χ0n) is 10.8. The van der Waals surface area contributed by atoms with E-state index in [0.29, 0.717) is 12.0 Å². The molecule has 0 aliphatic rings. The van der Waals surface area contributed by atoms with E-state index < -0.39 is 10.9 Å². The van der Waals surface area contributed by atoms with Crippen LogP contribution >= 0.6 is 0 Å². The fourth-order valence-corrected chi connectivity index (χ4v) is 1.85. The molecule has 0 radical (unpaired) electrons. The third-order valence-electron chi connectivity index (χ3n) is 2.85. The molecule has 2 aromatic rings. The second-order valence-corrected chi connectivity index (χ2v) is 4.12. The van der Waals surface area contributed by atoms with Crippen LogP contribution in [-0.2, 0) is 11.2 Å². The molecule has 6 nitrogen and oxygen atoms in total. The second-order valence-electron chi connectivity index (χ2n) is 4.12. The highest BCUT2D eigenvalue weighted by Crippen LogP contribution is 2.23. The first-order valence-corrected chi connectivity index (χ1v) is 5.86. The zero-order valence-corrected chi connectivity index (χ0v) is 10.8. The molecular formula is C14H12N2O4. The van der Waals surface area contributed by atoms with Gasteiger partial charge in [0.2, 0.25) is 0 Å². The molecule has 0 N–H and O–H groups in total. The standard InChI is InChI=1S/C14H12N2O4/c1-20-14(17)12-3-2-11(13(9-12)16(18)19)8-10-4-6-15-7-5-10/h2-7,9H,8H2,1H3. The highest BCUT2D eigenvalue weighted by Gasteiger charge is 2.17. The van der Waals surface area contributed by atoms with Crippen LogP contribution in [0.1, 0.15) is 21.5 Å². The summed E-state index contributed by atoms with van der Waals surface area (Å²) >= 11 is 0. The fourth-order valence-electron chi connectivity index (χ4n) is 1.85. The van der Waals surface area contributed by atoms with Gasteiger partial charge in [0.15, 0.2) is 0 Å². The molecule has 20 heavy (non-hydrogen) atoms. The third-order valence-corrected chi connectivity index (χ3v) is 2.85. The Hall–Kier alpha value is -2.76. The molecule has 0 unspecified atom stereocenters. The summed E-state index contributed by atoms with van der Waals surface area (Å²) in [6, 6.07) is 7.92. The van der Waals surface area contributed by atoms with E-state index in [4.69, 9.17) is 0 Å². The van der Waals surface area contributed by atoms with Crippen molar-refractivity contribution in [2.24, 2.45) is 0 Å².